The fourth-order valence-corrected chi connectivity index (χ4v) is 3.32. The summed E-state index contributed by atoms with van der Waals surface area (Å²) in [5, 5.41) is 0.662. The number of hydrogen-bond donors (Lipinski definition) is 0. The maximum atomic E-state index is 12.6. The van der Waals surface area contributed by atoms with Crippen LogP contribution in [0.15, 0.2) is 48.8 Å². The van der Waals surface area contributed by atoms with Crippen molar-refractivity contribution < 1.29 is 9.53 Å². The molecule has 1 atom stereocenters. The van der Waals surface area contributed by atoms with Gasteiger partial charge in [-0.15, -0.1) is 0 Å². The van der Waals surface area contributed by atoms with Crippen molar-refractivity contribution >= 4 is 17.7 Å². The van der Waals surface area contributed by atoms with Crippen molar-refractivity contribution in [1.82, 2.24) is 9.55 Å². The quantitative estimate of drug-likeness (QED) is 0.572. The topological polar surface area (TPSA) is 44.1 Å². The summed E-state index contributed by atoms with van der Waals surface area (Å²) in [7, 11) is 0. The van der Waals surface area contributed by atoms with Crippen LogP contribution in [0.2, 0.25) is 5.02 Å². The van der Waals surface area contributed by atoms with Crippen molar-refractivity contribution in [3.8, 4) is 0 Å². The summed E-state index contributed by atoms with van der Waals surface area (Å²) in [6.45, 7) is 8.32. The number of rotatable bonds is 4. The van der Waals surface area contributed by atoms with Gasteiger partial charge in [0.15, 0.2) is 0 Å². The number of hydrogen-bond acceptors (Lipinski definition) is 3. The van der Waals surface area contributed by atoms with Crippen LogP contribution < -0.4 is 0 Å². The summed E-state index contributed by atoms with van der Waals surface area (Å²) < 4.78 is 6.95. The Morgan fingerprint density at radius 2 is 1.96 bits per heavy atom. The van der Waals surface area contributed by atoms with Gasteiger partial charge in [0.05, 0.1) is 0 Å². The lowest BCUT2D eigenvalue weighted by atomic mass is 9.93. The van der Waals surface area contributed by atoms with Crippen LogP contribution in [0.3, 0.4) is 0 Å². The average molecular weight is 383 g/mol. The van der Waals surface area contributed by atoms with Crippen molar-refractivity contribution in [1.29, 1.82) is 0 Å². The van der Waals surface area contributed by atoms with E-state index in [1.807, 2.05) is 38.1 Å². The lowest BCUT2D eigenvalue weighted by Gasteiger charge is -2.17. The van der Waals surface area contributed by atoms with Crippen molar-refractivity contribution in [3.05, 3.63) is 87.5 Å². The van der Waals surface area contributed by atoms with Gasteiger partial charge in [-0.1, -0.05) is 48.9 Å². The summed E-state index contributed by atoms with van der Waals surface area (Å²) >= 11 is 6.14. The van der Waals surface area contributed by atoms with E-state index >= 15 is 0 Å². The van der Waals surface area contributed by atoms with Gasteiger partial charge in [0.2, 0.25) is 0 Å². The van der Waals surface area contributed by atoms with Gasteiger partial charge in [-0.2, -0.15) is 0 Å². The van der Waals surface area contributed by atoms with Gasteiger partial charge in [0.25, 0.3) is 0 Å². The van der Waals surface area contributed by atoms with Gasteiger partial charge in [-0.25, -0.2) is 14.3 Å². The molecule has 0 aliphatic heterocycles. The van der Waals surface area contributed by atoms with E-state index in [1.54, 1.807) is 12.4 Å². The summed E-state index contributed by atoms with van der Waals surface area (Å²) in [5.74, 6) is 0.636. The monoisotopic (exact) mass is 382 g/mol. The van der Waals surface area contributed by atoms with E-state index < -0.39 is 6.09 Å². The molecular weight excluding hydrogens is 360 g/mol. The Balaban J connectivity index is 1.78. The number of benzene rings is 2. The molecule has 4 nitrogen and oxygen atoms in total. The van der Waals surface area contributed by atoms with Crippen LogP contribution in [0.4, 0.5) is 4.79 Å². The zero-order chi connectivity index (χ0) is 19.6. The van der Waals surface area contributed by atoms with E-state index in [1.165, 1.54) is 15.7 Å². The van der Waals surface area contributed by atoms with E-state index in [-0.39, 0.29) is 12.5 Å². The molecule has 0 saturated carbocycles. The lowest BCUT2D eigenvalue weighted by molar-refractivity contribution is 0.140. The highest BCUT2D eigenvalue weighted by atomic mass is 35.5. The molecule has 3 aromatic rings. The summed E-state index contributed by atoms with van der Waals surface area (Å²) in [6, 6.07) is 11.8. The van der Waals surface area contributed by atoms with E-state index in [0.29, 0.717) is 10.8 Å². The van der Waals surface area contributed by atoms with Gasteiger partial charge in [-0.05, 0) is 54.7 Å². The minimum Gasteiger partial charge on any atom is -0.444 e. The molecule has 2 aromatic carbocycles. The molecule has 0 amide bonds. The van der Waals surface area contributed by atoms with E-state index in [0.717, 1.165) is 16.7 Å². The van der Waals surface area contributed by atoms with Crippen LogP contribution in [-0.4, -0.2) is 15.6 Å². The standard InChI is InChI=1S/C22H23ClN2O2/c1-14-6-5-7-19(16(14)3)17(4)21-24-10-11-25(21)22(26)27-13-18-9-8-15(2)20(23)12-18/h5-12,17H,13H2,1-4H3/t17-/m0/s1. The number of aromatic nitrogens is 2. The molecule has 1 heterocycles. The molecule has 0 N–H and O–H groups in total. The predicted molar refractivity (Wildman–Crippen MR) is 107 cm³/mol. The molecule has 0 aliphatic carbocycles. The minimum atomic E-state index is -0.448. The fraction of sp³-hybridized carbons (Fsp3) is 0.273. The molecule has 27 heavy (non-hydrogen) atoms. The molecule has 0 radical (unpaired) electrons. The highest BCUT2D eigenvalue weighted by Crippen LogP contribution is 2.27. The Kier molecular flexibility index (Phi) is 5.66. The fourth-order valence-electron chi connectivity index (χ4n) is 3.11. The Morgan fingerprint density at radius 1 is 1.19 bits per heavy atom. The van der Waals surface area contributed by atoms with Crippen molar-refractivity contribution in [2.45, 2.75) is 40.2 Å². The number of aryl methyl sites for hydroxylation is 2. The molecular formula is C22H23ClN2O2. The Morgan fingerprint density at radius 3 is 2.70 bits per heavy atom. The van der Waals surface area contributed by atoms with Gasteiger partial charge in [-0.3, -0.25) is 0 Å². The number of ether oxygens (including phenoxy) is 1. The Labute approximate surface area is 164 Å². The third-order valence-corrected chi connectivity index (χ3v) is 5.37. The van der Waals surface area contributed by atoms with Gasteiger partial charge in [0.1, 0.15) is 12.4 Å². The smallest absolute Gasteiger partial charge is 0.419 e. The second kappa shape index (κ2) is 7.97. The highest BCUT2D eigenvalue weighted by molar-refractivity contribution is 6.31. The minimum absolute atomic E-state index is 0.0266. The first-order valence-corrected chi connectivity index (χ1v) is 9.27. The van der Waals surface area contributed by atoms with Gasteiger partial charge < -0.3 is 4.74 Å². The molecule has 0 fully saturated rings. The van der Waals surface area contributed by atoms with E-state index in [2.05, 4.69) is 31.0 Å². The van der Waals surface area contributed by atoms with Crippen molar-refractivity contribution in [2.75, 3.05) is 0 Å². The molecule has 0 spiro atoms. The predicted octanol–water partition coefficient (Wildman–Crippen LogP) is 5.80. The summed E-state index contributed by atoms with van der Waals surface area (Å²) in [5.41, 5.74) is 5.42. The number of halogens is 1. The highest BCUT2D eigenvalue weighted by Gasteiger charge is 2.20. The molecule has 5 heteroatoms. The summed E-state index contributed by atoms with van der Waals surface area (Å²) in [4.78, 5) is 17.0. The van der Waals surface area contributed by atoms with Crippen molar-refractivity contribution in [2.24, 2.45) is 0 Å². The van der Waals surface area contributed by atoms with Crippen LogP contribution in [0.1, 0.15) is 46.5 Å². The van der Waals surface area contributed by atoms with Crippen LogP contribution in [-0.2, 0) is 11.3 Å². The molecule has 0 unspecified atom stereocenters. The normalized spacial score (nSPS) is 12.0. The Bertz CT molecular complexity index is 978. The average Bonchev–Trinajstić information content (AvgIpc) is 3.14. The first-order valence-electron chi connectivity index (χ1n) is 8.90. The molecule has 0 saturated heterocycles. The third-order valence-electron chi connectivity index (χ3n) is 4.96. The van der Waals surface area contributed by atoms with Crippen LogP contribution >= 0.6 is 11.6 Å². The molecule has 140 valence electrons. The van der Waals surface area contributed by atoms with Crippen molar-refractivity contribution in [3.63, 3.8) is 0 Å². The largest absolute Gasteiger partial charge is 0.444 e. The number of carbonyl (C=O) groups excluding carboxylic acids is 1. The van der Waals surface area contributed by atoms with E-state index in [4.69, 9.17) is 16.3 Å². The van der Waals surface area contributed by atoms with E-state index in [9.17, 15) is 4.79 Å². The first-order chi connectivity index (χ1) is 12.9. The zero-order valence-corrected chi connectivity index (χ0v) is 16.7. The SMILES string of the molecule is Cc1ccc(COC(=O)n2ccnc2[C@@H](C)c2cccc(C)c2C)cc1Cl. The third kappa shape index (κ3) is 4.06. The Hall–Kier alpha value is -2.59. The molecule has 1 aromatic heterocycles. The molecule has 0 aliphatic rings. The number of carbonyl (C=O) groups is 1. The number of imidazole rings is 1. The lowest BCUT2D eigenvalue weighted by Crippen LogP contribution is -2.18. The van der Waals surface area contributed by atoms with Gasteiger partial charge in [0, 0.05) is 23.3 Å². The van der Waals surface area contributed by atoms with Crippen LogP contribution in [0.25, 0.3) is 0 Å². The zero-order valence-electron chi connectivity index (χ0n) is 16.0. The molecule has 3 rings (SSSR count). The summed E-state index contributed by atoms with van der Waals surface area (Å²) in [6.07, 6.45) is 2.82. The molecule has 0 bridgehead atoms. The van der Waals surface area contributed by atoms with Crippen LogP contribution in [0.5, 0.6) is 0 Å². The maximum absolute atomic E-state index is 12.6. The second-order valence-corrected chi connectivity index (χ2v) is 7.21. The van der Waals surface area contributed by atoms with Crippen LogP contribution in [0, 0.1) is 20.8 Å². The second-order valence-electron chi connectivity index (χ2n) is 6.80. The van der Waals surface area contributed by atoms with Gasteiger partial charge >= 0.3 is 6.09 Å². The maximum Gasteiger partial charge on any atom is 0.419 e. The first kappa shape index (κ1) is 19.2. The number of nitrogens with zero attached hydrogens (tertiary/aromatic N) is 2.